The molecule has 0 spiro atoms. The predicted octanol–water partition coefficient (Wildman–Crippen LogP) is 0.590. The molecule has 0 saturated carbocycles. The van der Waals surface area contributed by atoms with Crippen molar-refractivity contribution in [2.24, 2.45) is 22.3 Å². The molecule has 7 heteroatoms. The van der Waals surface area contributed by atoms with Crippen LogP contribution < -0.4 is 11.5 Å². The molecule has 0 amide bonds. The van der Waals surface area contributed by atoms with Crippen LogP contribution in [0.3, 0.4) is 0 Å². The van der Waals surface area contributed by atoms with Gasteiger partial charge in [0.25, 0.3) is 0 Å². The quantitative estimate of drug-likeness (QED) is 0.709. The summed E-state index contributed by atoms with van der Waals surface area (Å²) >= 11 is 0. The SMILES string of the molecule is COC(=O)C1(CC(C)(C)N)COCC(C(=O)OC)(C(C)(C)N)C1. The third-order valence-electron chi connectivity index (χ3n) is 4.59. The Hall–Kier alpha value is -1.18. The van der Waals surface area contributed by atoms with Gasteiger partial charge in [-0.2, -0.15) is 0 Å². The average molecular weight is 330 g/mol. The van der Waals surface area contributed by atoms with Crippen molar-refractivity contribution >= 4 is 11.9 Å². The Bertz CT molecular complexity index is 466. The van der Waals surface area contributed by atoms with Gasteiger partial charge in [0.15, 0.2) is 0 Å². The first kappa shape index (κ1) is 19.9. The van der Waals surface area contributed by atoms with Gasteiger partial charge >= 0.3 is 11.9 Å². The third-order valence-corrected chi connectivity index (χ3v) is 4.59. The molecule has 1 fully saturated rings. The van der Waals surface area contributed by atoms with E-state index in [1.807, 2.05) is 13.8 Å². The molecule has 2 atom stereocenters. The Labute approximate surface area is 138 Å². The van der Waals surface area contributed by atoms with Crippen molar-refractivity contribution in [2.75, 3.05) is 27.4 Å². The van der Waals surface area contributed by atoms with E-state index in [0.29, 0.717) is 6.42 Å². The summed E-state index contributed by atoms with van der Waals surface area (Å²) in [5.41, 5.74) is 8.64. The molecule has 1 heterocycles. The van der Waals surface area contributed by atoms with Crippen LogP contribution in [-0.2, 0) is 23.8 Å². The van der Waals surface area contributed by atoms with Crippen LogP contribution in [0.15, 0.2) is 0 Å². The molecule has 1 aliphatic rings. The highest BCUT2D eigenvalue weighted by molar-refractivity contribution is 5.83. The molecular formula is C16H30N2O5. The van der Waals surface area contributed by atoms with E-state index in [4.69, 9.17) is 25.7 Å². The monoisotopic (exact) mass is 330 g/mol. The summed E-state index contributed by atoms with van der Waals surface area (Å²) in [4.78, 5) is 25.1. The number of nitrogens with two attached hydrogens (primary N) is 2. The molecule has 2 unspecified atom stereocenters. The fourth-order valence-corrected chi connectivity index (χ4v) is 3.51. The first-order valence-corrected chi connectivity index (χ1v) is 7.66. The molecule has 7 nitrogen and oxygen atoms in total. The highest BCUT2D eigenvalue weighted by Crippen LogP contribution is 2.49. The lowest BCUT2D eigenvalue weighted by atomic mass is 9.59. The Morgan fingerprint density at radius 1 is 1.04 bits per heavy atom. The Morgan fingerprint density at radius 3 is 1.96 bits per heavy atom. The second-order valence-electron chi connectivity index (χ2n) is 7.90. The minimum atomic E-state index is -1.15. The minimum absolute atomic E-state index is 0.0902. The van der Waals surface area contributed by atoms with Crippen molar-refractivity contribution in [2.45, 2.75) is 51.6 Å². The smallest absolute Gasteiger partial charge is 0.316 e. The van der Waals surface area contributed by atoms with Crippen LogP contribution >= 0.6 is 0 Å². The Balaban J connectivity index is 3.39. The van der Waals surface area contributed by atoms with Crippen molar-refractivity contribution in [1.29, 1.82) is 0 Å². The van der Waals surface area contributed by atoms with Crippen LogP contribution in [-0.4, -0.2) is 50.4 Å². The number of esters is 2. The van der Waals surface area contributed by atoms with Gasteiger partial charge < -0.3 is 25.7 Å². The molecule has 4 N–H and O–H groups in total. The molecule has 0 radical (unpaired) electrons. The first-order valence-electron chi connectivity index (χ1n) is 7.66. The molecule has 0 bridgehead atoms. The normalized spacial score (nSPS) is 29.0. The van der Waals surface area contributed by atoms with Crippen molar-refractivity contribution in [3.05, 3.63) is 0 Å². The van der Waals surface area contributed by atoms with E-state index in [1.54, 1.807) is 13.8 Å². The second-order valence-corrected chi connectivity index (χ2v) is 7.90. The lowest BCUT2D eigenvalue weighted by Crippen LogP contribution is -2.65. The summed E-state index contributed by atoms with van der Waals surface area (Å²) in [5.74, 6) is -0.943. The number of carbonyl (C=O) groups excluding carboxylic acids is 2. The number of carbonyl (C=O) groups is 2. The van der Waals surface area contributed by atoms with E-state index >= 15 is 0 Å². The van der Waals surface area contributed by atoms with Crippen LogP contribution in [0.5, 0.6) is 0 Å². The third kappa shape index (κ3) is 3.84. The number of rotatable bonds is 5. The Kier molecular flexibility index (Phi) is 5.51. The lowest BCUT2D eigenvalue weighted by Gasteiger charge is -2.51. The zero-order valence-electron chi connectivity index (χ0n) is 15.0. The standard InChI is InChI=1S/C16H30N2O5/c1-13(2,17)7-15(11(19)21-5)8-16(10-23-9-15,12(20)22-6)14(3,4)18/h7-10,17-18H2,1-6H3. The van der Waals surface area contributed by atoms with E-state index in [-0.39, 0.29) is 19.6 Å². The van der Waals surface area contributed by atoms with E-state index in [2.05, 4.69) is 0 Å². The molecule has 0 aromatic heterocycles. The number of ether oxygens (including phenoxy) is 3. The Morgan fingerprint density at radius 2 is 1.57 bits per heavy atom. The highest BCUT2D eigenvalue weighted by atomic mass is 16.5. The predicted molar refractivity (Wildman–Crippen MR) is 85.5 cm³/mol. The van der Waals surface area contributed by atoms with Gasteiger partial charge in [0.2, 0.25) is 0 Å². The zero-order valence-corrected chi connectivity index (χ0v) is 15.0. The summed E-state index contributed by atoms with van der Waals surface area (Å²) in [6, 6.07) is 0. The van der Waals surface area contributed by atoms with Crippen molar-refractivity contribution < 1.29 is 23.8 Å². The fraction of sp³-hybridized carbons (Fsp3) is 0.875. The molecule has 0 aliphatic carbocycles. The van der Waals surface area contributed by atoms with Gasteiger partial charge in [-0.15, -0.1) is 0 Å². The van der Waals surface area contributed by atoms with Crippen LogP contribution in [0.4, 0.5) is 0 Å². The van der Waals surface area contributed by atoms with Gasteiger partial charge in [0.1, 0.15) is 5.41 Å². The van der Waals surface area contributed by atoms with E-state index in [9.17, 15) is 9.59 Å². The van der Waals surface area contributed by atoms with Crippen LogP contribution in [0.1, 0.15) is 40.5 Å². The number of hydrogen-bond donors (Lipinski definition) is 2. The van der Waals surface area contributed by atoms with Gasteiger partial charge in [0, 0.05) is 11.1 Å². The molecule has 1 saturated heterocycles. The lowest BCUT2D eigenvalue weighted by molar-refractivity contribution is -0.192. The summed E-state index contributed by atoms with van der Waals surface area (Å²) in [7, 11) is 2.62. The average Bonchev–Trinajstić information content (AvgIpc) is 2.42. The van der Waals surface area contributed by atoms with Crippen molar-refractivity contribution in [3.8, 4) is 0 Å². The van der Waals surface area contributed by atoms with Crippen LogP contribution in [0.2, 0.25) is 0 Å². The summed E-state index contributed by atoms with van der Waals surface area (Å²) in [6.07, 6.45) is 0.477. The van der Waals surface area contributed by atoms with Gasteiger partial charge in [-0.25, -0.2) is 0 Å². The highest BCUT2D eigenvalue weighted by Gasteiger charge is 2.61. The molecule has 1 aliphatic heterocycles. The van der Waals surface area contributed by atoms with Crippen LogP contribution in [0, 0.1) is 10.8 Å². The molecule has 0 aromatic rings. The first-order chi connectivity index (χ1) is 10.3. The maximum Gasteiger partial charge on any atom is 0.316 e. The minimum Gasteiger partial charge on any atom is -0.469 e. The number of methoxy groups -OCH3 is 2. The largest absolute Gasteiger partial charge is 0.469 e. The van der Waals surface area contributed by atoms with E-state index in [0.717, 1.165) is 0 Å². The fourth-order valence-electron chi connectivity index (χ4n) is 3.51. The van der Waals surface area contributed by atoms with Gasteiger partial charge in [0.05, 0.1) is 32.8 Å². The second kappa shape index (κ2) is 6.37. The molecule has 0 aromatic carbocycles. The number of hydrogen-bond acceptors (Lipinski definition) is 7. The van der Waals surface area contributed by atoms with Crippen molar-refractivity contribution in [3.63, 3.8) is 0 Å². The summed E-state index contributed by atoms with van der Waals surface area (Å²) in [5, 5.41) is 0. The topological polar surface area (TPSA) is 114 Å². The molecule has 23 heavy (non-hydrogen) atoms. The summed E-state index contributed by atoms with van der Waals surface area (Å²) < 4.78 is 15.6. The molecule has 134 valence electrons. The summed E-state index contributed by atoms with van der Waals surface area (Å²) in [6.45, 7) is 7.32. The van der Waals surface area contributed by atoms with Gasteiger partial charge in [-0.3, -0.25) is 9.59 Å². The molecular weight excluding hydrogens is 300 g/mol. The molecule has 1 rings (SSSR count). The van der Waals surface area contributed by atoms with E-state index in [1.165, 1.54) is 14.2 Å². The van der Waals surface area contributed by atoms with E-state index < -0.39 is 33.8 Å². The maximum atomic E-state index is 12.5. The zero-order chi connectivity index (χ0) is 18.1. The van der Waals surface area contributed by atoms with Crippen molar-refractivity contribution in [1.82, 2.24) is 0 Å². The van der Waals surface area contributed by atoms with Gasteiger partial charge in [-0.05, 0) is 40.5 Å². The van der Waals surface area contributed by atoms with Crippen LogP contribution in [0.25, 0.3) is 0 Å². The van der Waals surface area contributed by atoms with Gasteiger partial charge in [-0.1, -0.05) is 0 Å². The maximum absolute atomic E-state index is 12.5.